The van der Waals surface area contributed by atoms with E-state index in [2.05, 4.69) is 25.4 Å². The van der Waals surface area contributed by atoms with Crippen molar-refractivity contribution in [2.24, 2.45) is 0 Å². The monoisotopic (exact) mass is 356 g/mol. The highest BCUT2D eigenvalue weighted by Gasteiger charge is 2.08. The third-order valence-electron chi connectivity index (χ3n) is 2.02. The van der Waals surface area contributed by atoms with Gasteiger partial charge < -0.3 is 14.2 Å². The molecule has 7 heteroatoms. The molecule has 1 aromatic rings. The van der Waals surface area contributed by atoms with E-state index in [0.29, 0.717) is 5.75 Å². The summed E-state index contributed by atoms with van der Waals surface area (Å²) in [5.74, 6) is -1.89. The molecule has 0 radical (unpaired) electrons. The molecule has 112 valence electrons. The lowest BCUT2D eigenvalue weighted by Gasteiger charge is -2.04. The molecule has 1 aromatic carbocycles. The van der Waals surface area contributed by atoms with Crippen LogP contribution in [-0.2, 0) is 23.9 Å². The number of rotatable bonds is 6. The lowest BCUT2D eigenvalue weighted by Crippen LogP contribution is -2.18. The highest BCUT2D eigenvalue weighted by Crippen LogP contribution is 2.16. The summed E-state index contributed by atoms with van der Waals surface area (Å²) in [5.41, 5.74) is 0. The van der Waals surface area contributed by atoms with Crippen LogP contribution < -0.4 is 4.74 Å². The molecule has 0 aliphatic heterocycles. The predicted octanol–water partition coefficient (Wildman–Crippen LogP) is 2.02. The molecule has 0 aliphatic rings. The van der Waals surface area contributed by atoms with Crippen LogP contribution in [0.1, 0.15) is 6.92 Å². The number of benzene rings is 1. The molecular weight excluding hydrogens is 344 g/mol. The fraction of sp³-hybridized carbons (Fsp3) is 0.214. The number of ether oxygens (including phenoxy) is 3. The molecule has 1 rings (SSSR count). The summed E-state index contributed by atoms with van der Waals surface area (Å²) >= 11 is 3.25. The van der Waals surface area contributed by atoms with Crippen molar-refractivity contribution in [3.63, 3.8) is 0 Å². The zero-order valence-corrected chi connectivity index (χ0v) is 12.8. The van der Waals surface area contributed by atoms with Gasteiger partial charge in [0.1, 0.15) is 5.75 Å². The zero-order chi connectivity index (χ0) is 15.7. The number of hydrogen-bond donors (Lipinski definition) is 0. The Kier molecular flexibility index (Phi) is 7.17. The van der Waals surface area contributed by atoms with Crippen molar-refractivity contribution in [1.82, 2.24) is 0 Å². The van der Waals surface area contributed by atoms with Crippen LogP contribution in [0.3, 0.4) is 0 Å². The number of hydrogen-bond acceptors (Lipinski definition) is 6. The summed E-state index contributed by atoms with van der Waals surface area (Å²) < 4.78 is 15.0. The molecule has 0 fully saturated rings. The second kappa shape index (κ2) is 8.91. The minimum absolute atomic E-state index is 0.206. The van der Waals surface area contributed by atoms with Gasteiger partial charge in [-0.2, -0.15) is 0 Å². The van der Waals surface area contributed by atoms with E-state index < -0.39 is 24.5 Å². The van der Waals surface area contributed by atoms with Crippen LogP contribution in [0.2, 0.25) is 0 Å². The predicted molar refractivity (Wildman–Crippen MR) is 76.5 cm³/mol. The summed E-state index contributed by atoms with van der Waals surface area (Å²) in [4.78, 5) is 33.6. The molecule has 21 heavy (non-hydrogen) atoms. The Morgan fingerprint density at radius 2 is 1.62 bits per heavy atom. The van der Waals surface area contributed by atoms with Gasteiger partial charge in [0, 0.05) is 16.6 Å². The summed E-state index contributed by atoms with van der Waals surface area (Å²) in [6.07, 6.45) is 1.80. The summed E-state index contributed by atoms with van der Waals surface area (Å²) in [5, 5.41) is 0. The van der Waals surface area contributed by atoms with Gasteiger partial charge in [-0.15, -0.1) is 0 Å². The first-order chi connectivity index (χ1) is 10.0. The van der Waals surface area contributed by atoms with Gasteiger partial charge in [0.15, 0.2) is 6.61 Å². The smallest absolute Gasteiger partial charge is 0.349 e. The van der Waals surface area contributed by atoms with E-state index in [-0.39, 0.29) is 6.61 Å². The van der Waals surface area contributed by atoms with Gasteiger partial charge >= 0.3 is 17.9 Å². The molecule has 0 amide bonds. The van der Waals surface area contributed by atoms with Gasteiger partial charge in [-0.1, -0.05) is 15.9 Å². The lowest BCUT2D eigenvalue weighted by molar-refractivity contribution is -0.150. The van der Waals surface area contributed by atoms with Gasteiger partial charge in [0.2, 0.25) is 0 Å². The number of esters is 3. The average Bonchev–Trinajstić information content (AvgIpc) is 2.46. The summed E-state index contributed by atoms with van der Waals surface area (Å²) in [7, 11) is 0. The maximum absolute atomic E-state index is 11.4. The second-order valence-corrected chi connectivity index (χ2v) is 4.54. The molecular formula is C14H13BrO6. The first kappa shape index (κ1) is 16.9. The van der Waals surface area contributed by atoms with E-state index in [1.807, 2.05) is 0 Å². The molecule has 0 atom stereocenters. The first-order valence-corrected chi connectivity index (χ1v) is 6.78. The van der Waals surface area contributed by atoms with Gasteiger partial charge in [-0.3, -0.25) is 0 Å². The number of carbonyl (C=O) groups excluding carboxylic acids is 3. The van der Waals surface area contributed by atoms with Crippen LogP contribution in [0.25, 0.3) is 0 Å². The van der Waals surface area contributed by atoms with Gasteiger partial charge in [-0.25, -0.2) is 14.4 Å². The molecule has 0 spiro atoms. The first-order valence-electron chi connectivity index (χ1n) is 5.99. The van der Waals surface area contributed by atoms with Crippen LogP contribution >= 0.6 is 15.9 Å². The van der Waals surface area contributed by atoms with Gasteiger partial charge in [0.25, 0.3) is 0 Å². The van der Waals surface area contributed by atoms with Gasteiger partial charge in [0.05, 0.1) is 6.61 Å². The second-order valence-electron chi connectivity index (χ2n) is 3.62. The normalized spacial score (nSPS) is 10.2. The molecule has 0 unspecified atom stereocenters. The molecule has 0 aromatic heterocycles. The minimum atomic E-state index is -0.837. The zero-order valence-electron chi connectivity index (χ0n) is 11.2. The highest BCUT2D eigenvalue weighted by atomic mass is 79.9. The SMILES string of the molecule is CCOC(=O)/C=C\C(=O)OCC(=O)Oc1ccc(Br)cc1. The Bertz CT molecular complexity index is 535. The molecule has 0 saturated carbocycles. The average molecular weight is 357 g/mol. The maximum Gasteiger partial charge on any atom is 0.349 e. The fourth-order valence-electron chi connectivity index (χ4n) is 1.17. The Labute approximate surface area is 129 Å². The molecule has 0 N–H and O–H groups in total. The van der Waals surface area contributed by atoms with E-state index in [0.717, 1.165) is 16.6 Å². The summed E-state index contributed by atoms with van der Waals surface area (Å²) in [6, 6.07) is 6.59. The standard InChI is InChI=1S/C14H13BrO6/c1-2-19-12(16)7-8-13(17)20-9-14(18)21-11-5-3-10(15)4-6-11/h3-8H,2,9H2,1H3/b8-7-. The number of carbonyl (C=O) groups is 3. The largest absolute Gasteiger partial charge is 0.463 e. The topological polar surface area (TPSA) is 78.9 Å². The third-order valence-corrected chi connectivity index (χ3v) is 2.55. The van der Waals surface area contributed by atoms with E-state index in [9.17, 15) is 14.4 Å². The molecule has 0 aliphatic carbocycles. The van der Waals surface area contributed by atoms with E-state index in [1.165, 1.54) is 0 Å². The molecule has 0 bridgehead atoms. The van der Waals surface area contributed by atoms with Crippen LogP contribution in [0, 0.1) is 0 Å². The van der Waals surface area contributed by atoms with E-state index in [1.54, 1.807) is 31.2 Å². The molecule has 0 heterocycles. The van der Waals surface area contributed by atoms with Crippen LogP contribution in [-0.4, -0.2) is 31.1 Å². The van der Waals surface area contributed by atoms with Gasteiger partial charge in [-0.05, 0) is 31.2 Å². The van der Waals surface area contributed by atoms with E-state index in [4.69, 9.17) is 4.74 Å². The van der Waals surface area contributed by atoms with Crippen molar-refractivity contribution in [2.75, 3.05) is 13.2 Å². The van der Waals surface area contributed by atoms with Crippen molar-refractivity contribution in [1.29, 1.82) is 0 Å². The highest BCUT2D eigenvalue weighted by molar-refractivity contribution is 9.10. The van der Waals surface area contributed by atoms with Crippen molar-refractivity contribution in [2.45, 2.75) is 6.92 Å². The lowest BCUT2D eigenvalue weighted by atomic mass is 10.3. The Morgan fingerprint density at radius 3 is 2.19 bits per heavy atom. The van der Waals surface area contributed by atoms with Crippen molar-refractivity contribution >= 4 is 33.8 Å². The Morgan fingerprint density at radius 1 is 1.05 bits per heavy atom. The number of halogens is 1. The Balaban J connectivity index is 2.34. The Hall–Kier alpha value is -2.15. The van der Waals surface area contributed by atoms with Crippen LogP contribution in [0.4, 0.5) is 0 Å². The van der Waals surface area contributed by atoms with Crippen molar-refractivity contribution < 1.29 is 28.6 Å². The molecule has 0 saturated heterocycles. The maximum atomic E-state index is 11.4. The third kappa shape index (κ3) is 7.26. The molecule has 6 nitrogen and oxygen atoms in total. The van der Waals surface area contributed by atoms with Crippen molar-refractivity contribution in [3.8, 4) is 5.75 Å². The summed E-state index contributed by atoms with van der Waals surface area (Å²) in [6.45, 7) is 1.29. The van der Waals surface area contributed by atoms with Crippen LogP contribution in [0.5, 0.6) is 5.75 Å². The quantitative estimate of drug-likeness (QED) is 0.440. The van der Waals surface area contributed by atoms with Crippen molar-refractivity contribution in [3.05, 3.63) is 40.9 Å². The van der Waals surface area contributed by atoms with Crippen LogP contribution in [0.15, 0.2) is 40.9 Å². The fourth-order valence-corrected chi connectivity index (χ4v) is 1.43. The minimum Gasteiger partial charge on any atom is -0.463 e. The van der Waals surface area contributed by atoms with E-state index >= 15 is 0 Å².